The minimum absolute atomic E-state index is 0.798. The first-order valence-electron chi connectivity index (χ1n) is 4.11. The molecule has 0 saturated heterocycles. The monoisotopic (exact) mass is 161 g/mol. The zero-order chi connectivity index (χ0) is 8.55. The second-order valence-electron chi connectivity index (χ2n) is 2.84. The van der Waals surface area contributed by atoms with Crippen LogP contribution in [0, 0.1) is 6.92 Å². The van der Waals surface area contributed by atoms with Crippen molar-refractivity contribution in [2.24, 2.45) is 0 Å². The summed E-state index contributed by atoms with van der Waals surface area (Å²) in [6.45, 7) is 4.11. The van der Waals surface area contributed by atoms with Gasteiger partial charge in [0.25, 0.3) is 0 Å². The van der Waals surface area contributed by atoms with Crippen molar-refractivity contribution in [2.45, 2.75) is 20.3 Å². The van der Waals surface area contributed by atoms with Crippen molar-refractivity contribution in [1.29, 1.82) is 0 Å². The van der Waals surface area contributed by atoms with Gasteiger partial charge < -0.3 is 0 Å². The normalized spacial score (nSPS) is 10.8. The summed E-state index contributed by atoms with van der Waals surface area (Å²) in [6, 6.07) is 2.03. The van der Waals surface area contributed by atoms with Crippen LogP contribution in [0.1, 0.15) is 18.3 Å². The van der Waals surface area contributed by atoms with Gasteiger partial charge in [-0.1, -0.05) is 6.92 Å². The van der Waals surface area contributed by atoms with Crippen molar-refractivity contribution in [1.82, 2.24) is 14.4 Å². The van der Waals surface area contributed by atoms with E-state index in [9.17, 15) is 0 Å². The van der Waals surface area contributed by atoms with E-state index >= 15 is 0 Å². The Bertz CT molecular complexity index is 403. The van der Waals surface area contributed by atoms with Gasteiger partial charge in [0.2, 0.25) is 5.78 Å². The van der Waals surface area contributed by atoms with Gasteiger partial charge in [0.1, 0.15) is 0 Å². The first kappa shape index (κ1) is 7.28. The van der Waals surface area contributed by atoms with E-state index in [4.69, 9.17) is 0 Å². The predicted octanol–water partition coefficient (Wildman–Crippen LogP) is 1.60. The third-order valence-electron chi connectivity index (χ3n) is 1.98. The van der Waals surface area contributed by atoms with Crippen molar-refractivity contribution >= 4 is 5.78 Å². The smallest absolute Gasteiger partial charge is 0.234 e. The number of nitrogens with zero attached hydrogens (tertiary/aromatic N) is 3. The maximum absolute atomic E-state index is 4.37. The maximum atomic E-state index is 4.37. The summed E-state index contributed by atoms with van der Waals surface area (Å²) in [5.74, 6) is 0.798. The van der Waals surface area contributed by atoms with Gasteiger partial charge in [-0.15, -0.1) is 0 Å². The third-order valence-corrected chi connectivity index (χ3v) is 1.98. The van der Waals surface area contributed by atoms with Crippen molar-refractivity contribution in [2.75, 3.05) is 0 Å². The molecule has 0 aliphatic rings. The van der Waals surface area contributed by atoms with Gasteiger partial charge in [0.05, 0.1) is 6.20 Å². The van der Waals surface area contributed by atoms with Gasteiger partial charge in [-0.25, -0.2) is 9.97 Å². The fraction of sp³-hybridized carbons (Fsp3) is 0.333. The van der Waals surface area contributed by atoms with Crippen LogP contribution >= 0.6 is 0 Å². The lowest BCUT2D eigenvalue weighted by Gasteiger charge is -1.97. The average Bonchev–Trinajstić information content (AvgIpc) is 2.47. The van der Waals surface area contributed by atoms with Gasteiger partial charge in [0.15, 0.2) is 0 Å². The molecule has 0 saturated carbocycles. The lowest BCUT2D eigenvalue weighted by molar-refractivity contribution is 0.979. The Hall–Kier alpha value is -1.38. The van der Waals surface area contributed by atoms with Crippen LogP contribution in [0.4, 0.5) is 0 Å². The molecule has 0 spiro atoms. The quantitative estimate of drug-likeness (QED) is 0.636. The largest absolute Gasteiger partial charge is 0.288 e. The molecule has 62 valence electrons. The molecule has 2 rings (SSSR count). The zero-order valence-corrected chi connectivity index (χ0v) is 7.28. The second kappa shape index (κ2) is 2.59. The number of rotatable bonds is 1. The van der Waals surface area contributed by atoms with E-state index in [1.165, 1.54) is 0 Å². The van der Waals surface area contributed by atoms with Crippen LogP contribution in [-0.2, 0) is 6.42 Å². The molecule has 0 bridgehead atoms. The lowest BCUT2D eigenvalue weighted by Crippen LogP contribution is -1.93. The summed E-state index contributed by atoms with van der Waals surface area (Å²) in [6.07, 6.45) is 4.81. The van der Waals surface area contributed by atoms with Gasteiger partial charge in [-0.3, -0.25) is 4.40 Å². The van der Waals surface area contributed by atoms with Crippen LogP contribution in [0.25, 0.3) is 5.78 Å². The molecule has 2 aromatic heterocycles. The molecule has 3 heteroatoms. The zero-order valence-electron chi connectivity index (χ0n) is 7.28. The molecule has 0 N–H and O–H groups in total. The summed E-state index contributed by atoms with van der Waals surface area (Å²) < 4.78 is 1.99. The van der Waals surface area contributed by atoms with Crippen LogP contribution in [0.3, 0.4) is 0 Å². The van der Waals surface area contributed by atoms with E-state index in [-0.39, 0.29) is 0 Å². The molecule has 2 aromatic rings. The molecule has 2 heterocycles. The fourth-order valence-electron chi connectivity index (χ4n) is 1.22. The van der Waals surface area contributed by atoms with E-state index in [1.807, 2.05) is 29.8 Å². The molecule has 0 aromatic carbocycles. The molecular formula is C9H11N3. The topological polar surface area (TPSA) is 30.2 Å². The molecule has 0 amide bonds. The lowest BCUT2D eigenvalue weighted by atomic mass is 10.3. The minimum Gasteiger partial charge on any atom is -0.288 e. The predicted molar refractivity (Wildman–Crippen MR) is 47.1 cm³/mol. The Morgan fingerprint density at radius 1 is 1.50 bits per heavy atom. The van der Waals surface area contributed by atoms with Gasteiger partial charge in [0, 0.05) is 17.6 Å². The van der Waals surface area contributed by atoms with Crippen LogP contribution in [0.15, 0.2) is 18.5 Å². The van der Waals surface area contributed by atoms with Crippen molar-refractivity contribution in [3.63, 3.8) is 0 Å². The highest BCUT2D eigenvalue weighted by molar-refractivity contribution is 5.31. The summed E-state index contributed by atoms with van der Waals surface area (Å²) >= 11 is 0. The van der Waals surface area contributed by atoms with E-state index in [2.05, 4.69) is 16.9 Å². The van der Waals surface area contributed by atoms with E-state index in [0.717, 1.165) is 23.6 Å². The van der Waals surface area contributed by atoms with E-state index in [0.29, 0.717) is 0 Å². The fourth-order valence-corrected chi connectivity index (χ4v) is 1.22. The summed E-state index contributed by atoms with van der Waals surface area (Å²) in [5.41, 5.74) is 2.22. The van der Waals surface area contributed by atoms with Crippen LogP contribution in [0.2, 0.25) is 0 Å². The molecule has 0 radical (unpaired) electrons. The first-order chi connectivity index (χ1) is 5.81. The second-order valence-corrected chi connectivity index (χ2v) is 2.84. The highest BCUT2D eigenvalue weighted by atomic mass is 15.1. The van der Waals surface area contributed by atoms with Crippen molar-refractivity contribution < 1.29 is 0 Å². The van der Waals surface area contributed by atoms with Gasteiger partial charge in [-0.2, -0.15) is 0 Å². The first-order valence-corrected chi connectivity index (χ1v) is 4.11. The Balaban J connectivity index is 2.69. The van der Waals surface area contributed by atoms with Crippen LogP contribution in [0.5, 0.6) is 0 Å². The molecule has 0 fully saturated rings. The Morgan fingerprint density at radius 3 is 3.08 bits per heavy atom. The number of hydrogen-bond acceptors (Lipinski definition) is 2. The summed E-state index contributed by atoms with van der Waals surface area (Å²) in [7, 11) is 0. The van der Waals surface area contributed by atoms with Crippen molar-refractivity contribution in [3.05, 3.63) is 29.8 Å². The maximum Gasteiger partial charge on any atom is 0.234 e. The SMILES string of the molecule is CCc1ccn2c(C)cnc2n1. The van der Waals surface area contributed by atoms with E-state index < -0.39 is 0 Å². The number of hydrogen-bond donors (Lipinski definition) is 0. The Morgan fingerprint density at radius 2 is 2.33 bits per heavy atom. The number of aromatic nitrogens is 3. The molecule has 0 aliphatic heterocycles. The molecule has 0 aliphatic carbocycles. The number of aryl methyl sites for hydroxylation is 2. The van der Waals surface area contributed by atoms with Gasteiger partial charge >= 0.3 is 0 Å². The van der Waals surface area contributed by atoms with Crippen LogP contribution < -0.4 is 0 Å². The minimum atomic E-state index is 0.798. The summed E-state index contributed by atoms with van der Waals surface area (Å²) in [4.78, 5) is 8.55. The molecule has 3 nitrogen and oxygen atoms in total. The highest BCUT2D eigenvalue weighted by Crippen LogP contribution is 2.04. The standard InChI is InChI=1S/C9H11N3/c1-3-8-4-5-12-7(2)6-10-9(12)11-8/h4-6H,3H2,1-2H3. The molecule has 0 unspecified atom stereocenters. The van der Waals surface area contributed by atoms with E-state index in [1.54, 1.807) is 0 Å². The summed E-state index contributed by atoms with van der Waals surface area (Å²) in [5, 5.41) is 0. The molecule has 12 heavy (non-hydrogen) atoms. The Kier molecular flexibility index (Phi) is 1.57. The van der Waals surface area contributed by atoms with Gasteiger partial charge in [-0.05, 0) is 19.4 Å². The van der Waals surface area contributed by atoms with Crippen molar-refractivity contribution in [3.8, 4) is 0 Å². The molecular weight excluding hydrogens is 150 g/mol. The highest BCUT2D eigenvalue weighted by Gasteiger charge is 1.99. The third kappa shape index (κ3) is 0.978. The average molecular weight is 161 g/mol. The number of fused-ring (bicyclic) bond motifs is 1. The Labute approximate surface area is 71.1 Å². The molecule has 0 atom stereocenters. The number of imidazole rings is 1. The van der Waals surface area contributed by atoms with Crippen LogP contribution in [-0.4, -0.2) is 14.4 Å².